The van der Waals surface area contributed by atoms with Crippen molar-refractivity contribution in [2.24, 2.45) is 0 Å². The van der Waals surface area contributed by atoms with Gasteiger partial charge < -0.3 is 0 Å². The van der Waals surface area contributed by atoms with E-state index < -0.39 is 0 Å². The van der Waals surface area contributed by atoms with E-state index in [1.807, 2.05) is 24.3 Å². The first-order valence-electron chi connectivity index (χ1n) is 5.18. The summed E-state index contributed by atoms with van der Waals surface area (Å²) >= 11 is 8.52. The number of allylic oxidation sites excluding steroid dienone is 1. The zero-order chi connectivity index (χ0) is 13.0. The topological polar surface area (TPSA) is 36.7 Å². The molecule has 0 unspecified atom stereocenters. The van der Waals surface area contributed by atoms with Gasteiger partial charge in [0, 0.05) is 16.0 Å². The van der Waals surface area contributed by atoms with E-state index in [0.29, 0.717) is 10.6 Å². The quantitative estimate of drug-likeness (QED) is 0.586. The van der Waals surface area contributed by atoms with Crippen LogP contribution in [0.4, 0.5) is 0 Å². The summed E-state index contributed by atoms with van der Waals surface area (Å²) in [5.41, 5.74) is 2.07. The molecule has 88 valence electrons. The standard InChI is InChI=1S/C14H8ClIN2/c15-14(11-1-3-12(16)4-2-11)13(9-17)10-5-7-18-8-6-10/h1-8H/b14-13-. The Morgan fingerprint density at radius 2 is 1.67 bits per heavy atom. The summed E-state index contributed by atoms with van der Waals surface area (Å²) in [5, 5.41) is 9.71. The second-order valence-corrected chi connectivity index (χ2v) is 5.17. The number of hydrogen-bond acceptors (Lipinski definition) is 2. The number of hydrogen-bond donors (Lipinski definition) is 0. The minimum Gasteiger partial charge on any atom is -0.265 e. The van der Waals surface area contributed by atoms with Crippen LogP contribution in [0.5, 0.6) is 0 Å². The van der Waals surface area contributed by atoms with Crippen LogP contribution >= 0.6 is 34.2 Å². The molecule has 0 bridgehead atoms. The third-order valence-electron chi connectivity index (χ3n) is 2.40. The van der Waals surface area contributed by atoms with E-state index in [-0.39, 0.29) is 0 Å². The third kappa shape index (κ3) is 2.89. The molecule has 2 rings (SSSR count). The second kappa shape index (κ2) is 5.98. The molecule has 18 heavy (non-hydrogen) atoms. The van der Waals surface area contributed by atoms with Crippen LogP contribution < -0.4 is 0 Å². The smallest absolute Gasteiger partial charge is 0.101 e. The molecule has 1 aromatic carbocycles. The lowest BCUT2D eigenvalue weighted by Gasteiger charge is -2.04. The monoisotopic (exact) mass is 366 g/mol. The normalized spacial score (nSPS) is 11.6. The fraction of sp³-hybridized carbons (Fsp3) is 0. The highest BCUT2D eigenvalue weighted by atomic mass is 127. The lowest BCUT2D eigenvalue weighted by molar-refractivity contribution is 1.32. The Bertz CT molecular complexity index is 612. The number of pyridine rings is 1. The maximum atomic E-state index is 9.25. The molecule has 4 heteroatoms. The van der Waals surface area contributed by atoms with Gasteiger partial charge in [-0.1, -0.05) is 23.7 Å². The Balaban J connectivity index is 2.51. The first-order valence-corrected chi connectivity index (χ1v) is 6.64. The zero-order valence-corrected chi connectivity index (χ0v) is 12.2. The fourth-order valence-electron chi connectivity index (χ4n) is 1.50. The third-order valence-corrected chi connectivity index (χ3v) is 3.52. The van der Waals surface area contributed by atoms with E-state index in [1.165, 1.54) is 0 Å². The molecule has 2 nitrogen and oxygen atoms in total. The van der Waals surface area contributed by atoms with Gasteiger partial charge in [0.2, 0.25) is 0 Å². The van der Waals surface area contributed by atoms with Crippen molar-refractivity contribution < 1.29 is 0 Å². The zero-order valence-electron chi connectivity index (χ0n) is 9.27. The average Bonchev–Trinajstić information content (AvgIpc) is 2.41. The molecule has 2 aromatic rings. The SMILES string of the molecule is N#C/C(=C(/Cl)c1ccc(I)cc1)c1ccncc1. The van der Waals surface area contributed by atoms with Gasteiger partial charge >= 0.3 is 0 Å². The van der Waals surface area contributed by atoms with Gasteiger partial charge in [0.1, 0.15) is 6.07 Å². The lowest BCUT2D eigenvalue weighted by atomic mass is 10.1. The van der Waals surface area contributed by atoms with Gasteiger partial charge in [-0.25, -0.2) is 0 Å². The maximum absolute atomic E-state index is 9.25. The molecule has 0 saturated heterocycles. The van der Waals surface area contributed by atoms with Crippen molar-refractivity contribution in [3.63, 3.8) is 0 Å². The molecular formula is C14H8ClIN2. The lowest BCUT2D eigenvalue weighted by Crippen LogP contribution is -1.87. The van der Waals surface area contributed by atoms with E-state index in [9.17, 15) is 5.26 Å². The number of nitriles is 1. The van der Waals surface area contributed by atoms with E-state index in [0.717, 1.165) is 14.7 Å². The van der Waals surface area contributed by atoms with Crippen molar-refractivity contribution in [2.45, 2.75) is 0 Å². The predicted molar refractivity (Wildman–Crippen MR) is 81.7 cm³/mol. The van der Waals surface area contributed by atoms with Gasteiger partial charge in [-0.3, -0.25) is 4.98 Å². The Morgan fingerprint density at radius 1 is 1.06 bits per heavy atom. The van der Waals surface area contributed by atoms with Gasteiger partial charge in [-0.2, -0.15) is 5.26 Å². The van der Waals surface area contributed by atoms with Crippen molar-refractivity contribution in [1.29, 1.82) is 5.26 Å². The second-order valence-electron chi connectivity index (χ2n) is 3.54. The molecule has 1 aromatic heterocycles. The van der Waals surface area contributed by atoms with Crippen molar-refractivity contribution in [2.75, 3.05) is 0 Å². The molecular weight excluding hydrogens is 359 g/mol. The Morgan fingerprint density at radius 3 is 2.22 bits per heavy atom. The van der Waals surface area contributed by atoms with E-state index in [4.69, 9.17) is 11.6 Å². The van der Waals surface area contributed by atoms with E-state index >= 15 is 0 Å². The summed E-state index contributed by atoms with van der Waals surface area (Å²) in [4.78, 5) is 3.93. The van der Waals surface area contributed by atoms with Gasteiger partial charge in [0.25, 0.3) is 0 Å². The minimum atomic E-state index is 0.458. The highest BCUT2D eigenvalue weighted by molar-refractivity contribution is 14.1. The van der Waals surface area contributed by atoms with Gasteiger partial charge in [0.15, 0.2) is 0 Å². The number of benzene rings is 1. The summed E-state index contributed by atoms with van der Waals surface area (Å²) in [5.74, 6) is 0. The molecule has 0 atom stereocenters. The van der Waals surface area contributed by atoms with Crippen molar-refractivity contribution in [3.05, 3.63) is 63.5 Å². The summed E-state index contributed by atoms with van der Waals surface area (Å²) in [6.07, 6.45) is 3.29. The Labute approximate surface area is 124 Å². The summed E-state index contributed by atoms with van der Waals surface area (Å²) in [7, 11) is 0. The molecule has 0 fully saturated rings. The van der Waals surface area contributed by atoms with Gasteiger partial charge in [-0.15, -0.1) is 0 Å². The van der Waals surface area contributed by atoms with Crippen molar-refractivity contribution >= 4 is 44.8 Å². The van der Waals surface area contributed by atoms with Crippen LogP contribution in [0.2, 0.25) is 0 Å². The first kappa shape index (κ1) is 13.1. The molecule has 0 saturated carbocycles. The summed E-state index contributed by atoms with van der Waals surface area (Å²) < 4.78 is 1.13. The van der Waals surface area contributed by atoms with Crippen LogP contribution in [0.25, 0.3) is 10.6 Å². The average molecular weight is 367 g/mol. The van der Waals surface area contributed by atoms with Gasteiger partial charge in [0.05, 0.1) is 10.6 Å². The van der Waals surface area contributed by atoms with Crippen LogP contribution in [-0.4, -0.2) is 4.98 Å². The van der Waals surface area contributed by atoms with E-state index in [2.05, 4.69) is 33.6 Å². The van der Waals surface area contributed by atoms with Crippen LogP contribution in [0, 0.1) is 14.9 Å². The highest BCUT2D eigenvalue weighted by Gasteiger charge is 2.09. The number of nitrogens with zero attached hydrogens (tertiary/aromatic N) is 2. The molecule has 0 radical (unpaired) electrons. The van der Waals surface area contributed by atoms with Gasteiger partial charge in [-0.05, 0) is 58.0 Å². The van der Waals surface area contributed by atoms with Crippen LogP contribution in [0.3, 0.4) is 0 Å². The Hall–Kier alpha value is -1.38. The van der Waals surface area contributed by atoms with E-state index in [1.54, 1.807) is 24.5 Å². The molecule has 1 heterocycles. The number of rotatable bonds is 2. The molecule has 0 aliphatic carbocycles. The van der Waals surface area contributed by atoms with Crippen molar-refractivity contribution in [1.82, 2.24) is 4.98 Å². The largest absolute Gasteiger partial charge is 0.265 e. The molecule has 0 spiro atoms. The van der Waals surface area contributed by atoms with Crippen LogP contribution in [0.1, 0.15) is 11.1 Å². The number of halogens is 2. The fourth-order valence-corrected chi connectivity index (χ4v) is 2.14. The molecule has 0 aliphatic heterocycles. The predicted octanol–water partition coefficient (Wildman–Crippen LogP) is 4.32. The molecule has 0 aliphatic rings. The minimum absolute atomic E-state index is 0.458. The van der Waals surface area contributed by atoms with Crippen molar-refractivity contribution in [3.8, 4) is 6.07 Å². The number of aromatic nitrogens is 1. The van der Waals surface area contributed by atoms with Crippen LogP contribution in [-0.2, 0) is 0 Å². The van der Waals surface area contributed by atoms with Crippen LogP contribution in [0.15, 0.2) is 48.8 Å². The molecule has 0 N–H and O–H groups in total. The highest BCUT2D eigenvalue weighted by Crippen LogP contribution is 2.29. The maximum Gasteiger partial charge on any atom is 0.101 e. The Kier molecular flexibility index (Phi) is 4.34. The first-order chi connectivity index (χ1) is 8.72. The summed E-state index contributed by atoms with van der Waals surface area (Å²) in [6, 6.07) is 13.4. The summed E-state index contributed by atoms with van der Waals surface area (Å²) in [6.45, 7) is 0. The molecule has 0 amide bonds.